The molecule has 1 aliphatic rings. The molecule has 1 aliphatic heterocycles. The van der Waals surface area contributed by atoms with Gasteiger partial charge in [0.1, 0.15) is 23.2 Å². The zero-order valence-electron chi connectivity index (χ0n) is 17.8. The van der Waals surface area contributed by atoms with Crippen LogP contribution >= 0.6 is 12.4 Å². The third-order valence-electron chi connectivity index (χ3n) is 5.94. The molecule has 3 aromatic rings. The predicted octanol–water partition coefficient (Wildman–Crippen LogP) is 5.62. The number of Topliss-reactive ketones (excluding diaryl/α,β-unsaturated/α-hetero) is 1. The topological polar surface area (TPSA) is 29.5 Å². The van der Waals surface area contributed by atoms with Crippen LogP contribution < -0.4 is 4.74 Å². The third kappa shape index (κ3) is 5.53. The van der Waals surface area contributed by atoms with Gasteiger partial charge in [-0.05, 0) is 53.1 Å². The van der Waals surface area contributed by atoms with E-state index in [1.165, 1.54) is 24.3 Å². The molecule has 3 nitrogen and oxygen atoms in total. The van der Waals surface area contributed by atoms with Crippen LogP contribution in [0, 0.1) is 17.6 Å². The first-order valence-electron chi connectivity index (χ1n) is 10.4. The van der Waals surface area contributed by atoms with Gasteiger partial charge in [-0.15, -0.1) is 12.4 Å². The van der Waals surface area contributed by atoms with Gasteiger partial charge in [0.15, 0.2) is 0 Å². The van der Waals surface area contributed by atoms with Gasteiger partial charge in [-0.25, -0.2) is 8.78 Å². The highest BCUT2D eigenvalue weighted by atomic mass is 35.5. The zero-order valence-corrected chi connectivity index (χ0v) is 18.7. The minimum Gasteiger partial charge on any atom is -0.497 e. The number of hydrogen-bond donors (Lipinski definition) is 0. The molecule has 1 atom stereocenters. The van der Waals surface area contributed by atoms with Crippen molar-refractivity contribution in [3.05, 3.63) is 101 Å². The smallest absolute Gasteiger partial charge is 0.139 e. The van der Waals surface area contributed by atoms with Crippen LogP contribution in [-0.2, 0) is 11.3 Å². The van der Waals surface area contributed by atoms with Gasteiger partial charge in [-0.2, -0.15) is 0 Å². The molecule has 32 heavy (non-hydrogen) atoms. The van der Waals surface area contributed by atoms with Gasteiger partial charge in [0, 0.05) is 37.9 Å². The van der Waals surface area contributed by atoms with E-state index >= 15 is 0 Å². The van der Waals surface area contributed by atoms with Crippen molar-refractivity contribution >= 4 is 18.2 Å². The molecule has 1 unspecified atom stereocenters. The normalized spacial score (nSPS) is 16.6. The Kier molecular flexibility index (Phi) is 7.99. The van der Waals surface area contributed by atoms with E-state index in [0.717, 1.165) is 22.4 Å². The average Bonchev–Trinajstić information content (AvgIpc) is 2.78. The minimum absolute atomic E-state index is 0. The zero-order chi connectivity index (χ0) is 21.8. The molecule has 0 spiro atoms. The highest BCUT2D eigenvalue weighted by molar-refractivity contribution is 5.85. The van der Waals surface area contributed by atoms with Crippen LogP contribution in [0.5, 0.6) is 5.75 Å². The summed E-state index contributed by atoms with van der Waals surface area (Å²) in [6, 6.07) is 20.4. The second-order valence-corrected chi connectivity index (χ2v) is 7.99. The summed E-state index contributed by atoms with van der Waals surface area (Å²) in [6.45, 7) is 1.97. The Labute approximate surface area is 193 Å². The average molecular weight is 458 g/mol. The van der Waals surface area contributed by atoms with Crippen molar-refractivity contribution in [1.82, 2.24) is 4.90 Å². The van der Waals surface area contributed by atoms with E-state index in [1.54, 1.807) is 31.4 Å². The Morgan fingerprint density at radius 1 is 0.969 bits per heavy atom. The first kappa shape index (κ1) is 23.9. The van der Waals surface area contributed by atoms with Crippen molar-refractivity contribution in [1.29, 1.82) is 0 Å². The van der Waals surface area contributed by atoms with Crippen molar-refractivity contribution < 1.29 is 18.3 Å². The maximum Gasteiger partial charge on any atom is 0.139 e. The Morgan fingerprint density at radius 2 is 1.56 bits per heavy atom. The van der Waals surface area contributed by atoms with Gasteiger partial charge in [-0.1, -0.05) is 36.4 Å². The molecule has 4 rings (SSSR count). The molecule has 1 fully saturated rings. The molecular weight excluding hydrogens is 432 g/mol. The van der Waals surface area contributed by atoms with Gasteiger partial charge in [0.25, 0.3) is 0 Å². The first-order valence-corrected chi connectivity index (χ1v) is 10.4. The minimum atomic E-state index is -0.323. The molecule has 0 bridgehead atoms. The number of benzene rings is 3. The quantitative estimate of drug-likeness (QED) is 0.481. The molecule has 0 N–H and O–H groups in total. The second-order valence-electron chi connectivity index (χ2n) is 7.99. The highest BCUT2D eigenvalue weighted by Gasteiger charge is 2.35. The largest absolute Gasteiger partial charge is 0.497 e. The lowest BCUT2D eigenvalue weighted by atomic mass is 9.76. The first-order chi connectivity index (χ1) is 15.0. The second kappa shape index (κ2) is 10.7. The lowest BCUT2D eigenvalue weighted by molar-refractivity contribution is -0.126. The summed E-state index contributed by atoms with van der Waals surface area (Å²) in [5, 5.41) is 0. The van der Waals surface area contributed by atoms with Gasteiger partial charge in [-0.3, -0.25) is 9.69 Å². The Balaban J connectivity index is 0.00000289. The molecule has 0 aliphatic carbocycles. The summed E-state index contributed by atoms with van der Waals surface area (Å²) in [7, 11) is 1.64. The van der Waals surface area contributed by atoms with Crippen molar-refractivity contribution in [2.75, 3.05) is 20.2 Å². The van der Waals surface area contributed by atoms with Crippen LogP contribution in [0.3, 0.4) is 0 Å². The summed E-state index contributed by atoms with van der Waals surface area (Å²) >= 11 is 0. The van der Waals surface area contributed by atoms with Crippen molar-refractivity contribution in [3.63, 3.8) is 0 Å². The Bertz CT molecular complexity index is 995. The van der Waals surface area contributed by atoms with E-state index in [1.807, 2.05) is 24.3 Å². The number of nitrogens with zero attached hydrogens (tertiary/aromatic N) is 1. The SMILES string of the molecule is COc1cccc(CN2CCC(=O)C(C(c3ccc(F)cc3)c3ccc(F)cc3)C2)c1.Cl. The van der Waals surface area contributed by atoms with Crippen LogP contribution in [0.2, 0.25) is 0 Å². The Morgan fingerprint density at radius 3 is 2.12 bits per heavy atom. The summed E-state index contributed by atoms with van der Waals surface area (Å²) in [6.07, 6.45) is 0.452. The number of methoxy groups -OCH3 is 1. The summed E-state index contributed by atoms with van der Waals surface area (Å²) in [4.78, 5) is 15.3. The van der Waals surface area contributed by atoms with Crippen LogP contribution in [-0.4, -0.2) is 30.9 Å². The maximum atomic E-state index is 13.6. The number of ketones is 1. The van der Waals surface area contributed by atoms with Crippen molar-refractivity contribution in [3.8, 4) is 5.75 Å². The molecule has 0 radical (unpaired) electrons. The molecule has 1 heterocycles. The summed E-state index contributed by atoms with van der Waals surface area (Å²) in [5.41, 5.74) is 2.83. The maximum absolute atomic E-state index is 13.6. The molecule has 3 aromatic carbocycles. The summed E-state index contributed by atoms with van der Waals surface area (Å²) < 4.78 is 32.4. The Hall–Kier alpha value is -2.76. The van der Waals surface area contributed by atoms with Crippen molar-refractivity contribution in [2.45, 2.75) is 18.9 Å². The highest BCUT2D eigenvalue weighted by Crippen LogP contribution is 2.36. The number of carbonyl (C=O) groups is 1. The number of likely N-dealkylation sites (tertiary alicyclic amines) is 1. The molecule has 0 aromatic heterocycles. The lowest BCUT2D eigenvalue weighted by Crippen LogP contribution is -2.43. The molecule has 1 saturated heterocycles. The fourth-order valence-electron chi connectivity index (χ4n) is 4.39. The van der Waals surface area contributed by atoms with E-state index in [2.05, 4.69) is 4.90 Å². The molecule has 168 valence electrons. The van der Waals surface area contributed by atoms with Gasteiger partial charge in [0.2, 0.25) is 0 Å². The lowest BCUT2D eigenvalue weighted by Gasteiger charge is -2.36. The molecular formula is C26H26ClF2NO2. The van der Waals surface area contributed by atoms with Crippen LogP contribution in [0.25, 0.3) is 0 Å². The van der Waals surface area contributed by atoms with Crippen LogP contribution in [0.15, 0.2) is 72.8 Å². The number of carbonyl (C=O) groups excluding carboxylic acids is 1. The number of piperidine rings is 1. The summed E-state index contributed by atoms with van der Waals surface area (Å²) in [5.74, 6) is -0.220. The van der Waals surface area contributed by atoms with Crippen LogP contribution in [0.1, 0.15) is 29.0 Å². The number of hydrogen-bond acceptors (Lipinski definition) is 3. The fraction of sp³-hybridized carbons (Fsp3) is 0.269. The van der Waals surface area contributed by atoms with Gasteiger partial charge in [0.05, 0.1) is 7.11 Å². The van der Waals surface area contributed by atoms with Crippen molar-refractivity contribution in [2.24, 2.45) is 5.92 Å². The third-order valence-corrected chi connectivity index (χ3v) is 5.94. The molecule has 0 saturated carbocycles. The van der Waals surface area contributed by atoms with Gasteiger partial charge >= 0.3 is 0 Å². The van der Waals surface area contributed by atoms with E-state index in [-0.39, 0.29) is 41.7 Å². The van der Waals surface area contributed by atoms with E-state index in [4.69, 9.17) is 4.74 Å². The van der Waals surface area contributed by atoms with E-state index in [0.29, 0.717) is 26.1 Å². The van der Waals surface area contributed by atoms with Crippen LogP contribution in [0.4, 0.5) is 8.78 Å². The number of ether oxygens (including phenoxy) is 1. The predicted molar refractivity (Wildman–Crippen MR) is 123 cm³/mol. The fourth-order valence-corrected chi connectivity index (χ4v) is 4.39. The van der Waals surface area contributed by atoms with Gasteiger partial charge < -0.3 is 4.74 Å². The molecule has 0 amide bonds. The molecule has 6 heteroatoms. The standard InChI is InChI=1S/C26H25F2NO2.ClH/c1-31-23-4-2-3-18(15-23)16-29-14-13-25(30)24(17-29)26(19-5-9-21(27)10-6-19)20-7-11-22(28)12-8-20;/h2-12,15,24,26H,13-14,16-17H2,1H3;1H. The number of halogens is 3. The van der Waals surface area contributed by atoms with E-state index in [9.17, 15) is 13.6 Å². The number of rotatable bonds is 6. The van der Waals surface area contributed by atoms with E-state index < -0.39 is 0 Å². The monoisotopic (exact) mass is 457 g/mol.